The quantitative estimate of drug-likeness (QED) is 0.207. The molecular formula is C29H42N2O7. The van der Waals surface area contributed by atoms with Crippen LogP contribution in [0.3, 0.4) is 0 Å². The van der Waals surface area contributed by atoms with Crippen LogP contribution in [0.25, 0.3) is 0 Å². The Labute approximate surface area is 224 Å². The smallest absolute Gasteiger partial charge is 0.329 e. The first-order valence-corrected chi connectivity index (χ1v) is 13.6. The van der Waals surface area contributed by atoms with Gasteiger partial charge >= 0.3 is 5.97 Å². The zero-order chi connectivity index (χ0) is 28.0. The molecule has 3 rings (SSSR count). The van der Waals surface area contributed by atoms with E-state index < -0.39 is 36.0 Å². The molecule has 0 radical (unpaired) electrons. The molecule has 0 bridgehead atoms. The second kappa shape index (κ2) is 13.1. The fourth-order valence-corrected chi connectivity index (χ4v) is 5.62. The molecule has 210 valence electrons. The van der Waals surface area contributed by atoms with E-state index in [0.29, 0.717) is 42.7 Å². The number of nitrogens with one attached hydrogen (secondary N) is 1. The Hall–Kier alpha value is -3.07. The fourth-order valence-electron chi connectivity index (χ4n) is 5.62. The number of ether oxygens (including phenoxy) is 1. The van der Waals surface area contributed by atoms with Crippen LogP contribution in [0.1, 0.15) is 64.9 Å². The predicted octanol–water partition coefficient (Wildman–Crippen LogP) is 3.06. The maximum atomic E-state index is 13.5. The number of carbonyl (C=O) groups is 3. The summed E-state index contributed by atoms with van der Waals surface area (Å²) >= 11 is 0. The van der Waals surface area contributed by atoms with Gasteiger partial charge in [0.1, 0.15) is 24.3 Å². The zero-order valence-corrected chi connectivity index (χ0v) is 22.6. The van der Waals surface area contributed by atoms with Crippen molar-refractivity contribution < 1.29 is 34.4 Å². The van der Waals surface area contributed by atoms with Crippen molar-refractivity contribution in [2.45, 2.75) is 90.0 Å². The summed E-state index contributed by atoms with van der Waals surface area (Å²) in [6.07, 6.45) is 3.98. The molecule has 38 heavy (non-hydrogen) atoms. The predicted molar refractivity (Wildman–Crippen MR) is 142 cm³/mol. The molecule has 9 heteroatoms. The van der Waals surface area contributed by atoms with E-state index in [1.165, 1.54) is 29.2 Å². The van der Waals surface area contributed by atoms with Gasteiger partial charge in [-0.3, -0.25) is 9.59 Å². The molecule has 1 aliphatic heterocycles. The van der Waals surface area contributed by atoms with Gasteiger partial charge in [-0.25, -0.2) is 4.79 Å². The average molecular weight is 531 g/mol. The van der Waals surface area contributed by atoms with Gasteiger partial charge in [0.25, 0.3) is 0 Å². The Bertz CT molecular complexity index is 1010. The Morgan fingerprint density at radius 1 is 1.18 bits per heavy atom. The van der Waals surface area contributed by atoms with E-state index >= 15 is 0 Å². The van der Waals surface area contributed by atoms with Gasteiger partial charge in [0.15, 0.2) is 11.5 Å². The van der Waals surface area contributed by atoms with Gasteiger partial charge in [0.05, 0.1) is 0 Å². The molecule has 1 aliphatic carbocycles. The fraction of sp³-hybridized carbons (Fsp3) is 0.621. The molecule has 0 spiro atoms. The molecule has 2 amide bonds. The molecule has 1 saturated carbocycles. The first-order valence-electron chi connectivity index (χ1n) is 13.6. The van der Waals surface area contributed by atoms with Crippen LogP contribution in [-0.2, 0) is 25.5 Å². The van der Waals surface area contributed by atoms with Crippen LogP contribution in [0.2, 0.25) is 0 Å². The lowest BCUT2D eigenvalue weighted by Crippen LogP contribution is -2.54. The number of likely N-dealkylation sites (tertiary alicyclic amines) is 1. The summed E-state index contributed by atoms with van der Waals surface area (Å²) < 4.78 is 6.02. The van der Waals surface area contributed by atoms with E-state index in [-0.39, 0.29) is 30.4 Å². The van der Waals surface area contributed by atoms with Crippen molar-refractivity contribution in [3.63, 3.8) is 0 Å². The number of aromatic hydroxyl groups is 2. The molecule has 6 atom stereocenters. The molecule has 0 aromatic heterocycles. The highest BCUT2D eigenvalue weighted by atomic mass is 16.5. The average Bonchev–Trinajstić information content (AvgIpc) is 3.35. The molecule has 1 aromatic rings. The molecular weight excluding hydrogens is 488 g/mol. The minimum atomic E-state index is -1.49. The number of carbonyl (C=O) groups excluding carboxylic acids is 3. The number of hydrogen-bond donors (Lipinski definition) is 4. The number of rotatable bonds is 10. The number of amides is 2. The number of phenolic OH excluding ortho intramolecular Hbond substituents is 2. The normalized spacial score (nSPS) is 25.0. The Kier molecular flexibility index (Phi) is 10.2. The van der Waals surface area contributed by atoms with Gasteiger partial charge in [-0.15, -0.1) is 6.58 Å². The maximum Gasteiger partial charge on any atom is 0.329 e. The van der Waals surface area contributed by atoms with Gasteiger partial charge in [-0.05, 0) is 67.6 Å². The van der Waals surface area contributed by atoms with Crippen LogP contribution < -0.4 is 5.32 Å². The van der Waals surface area contributed by atoms with Crippen molar-refractivity contribution in [3.8, 4) is 11.5 Å². The van der Waals surface area contributed by atoms with Crippen LogP contribution in [-0.4, -0.2) is 68.8 Å². The van der Waals surface area contributed by atoms with Crippen LogP contribution in [0.4, 0.5) is 0 Å². The molecule has 1 saturated heterocycles. The Morgan fingerprint density at radius 3 is 2.58 bits per heavy atom. The maximum absolute atomic E-state index is 13.5. The lowest BCUT2D eigenvalue weighted by Gasteiger charge is -2.38. The molecule has 9 nitrogen and oxygen atoms in total. The van der Waals surface area contributed by atoms with Crippen molar-refractivity contribution in [2.24, 2.45) is 17.8 Å². The first-order chi connectivity index (χ1) is 18.0. The van der Waals surface area contributed by atoms with Crippen molar-refractivity contribution in [1.29, 1.82) is 0 Å². The number of phenols is 2. The van der Waals surface area contributed by atoms with E-state index in [4.69, 9.17) is 4.74 Å². The summed E-state index contributed by atoms with van der Waals surface area (Å²) in [4.78, 5) is 41.0. The molecule has 4 unspecified atom stereocenters. The van der Waals surface area contributed by atoms with Gasteiger partial charge < -0.3 is 30.3 Å². The number of esters is 1. The summed E-state index contributed by atoms with van der Waals surface area (Å²) in [5.41, 5.74) is 0.439. The lowest BCUT2D eigenvalue weighted by molar-refractivity contribution is -0.164. The number of aliphatic hydroxyl groups is 1. The topological polar surface area (TPSA) is 136 Å². The van der Waals surface area contributed by atoms with E-state index in [1.54, 1.807) is 0 Å². The highest BCUT2D eigenvalue weighted by molar-refractivity contribution is 5.92. The minimum Gasteiger partial charge on any atom is -0.504 e. The van der Waals surface area contributed by atoms with Crippen LogP contribution in [0.15, 0.2) is 30.9 Å². The number of benzene rings is 1. The summed E-state index contributed by atoms with van der Waals surface area (Å²) in [7, 11) is 0. The van der Waals surface area contributed by atoms with Gasteiger partial charge in [0, 0.05) is 13.0 Å². The summed E-state index contributed by atoms with van der Waals surface area (Å²) in [6.45, 7) is 10.5. The Balaban J connectivity index is 1.65. The molecule has 1 heterocycles. The van der Waals surface area contributed by atoms with E-state index in [2.05, 4.69) is 32.7 Å². The number of nitrogens with zero attached hydrogens (tertiary/aromatic N) is 1. The molecule has 2 aliphatic rings. The number of hydrogen-bond acceptors (Lipinski definition) is 7. The molecule has 1 aromatic carbocycles. The highest BCUT2D eigenvalue weighted by Crippen LogP contribution is 2.36. The SMILES string of the molecule is C=CCC(NC(=O)C(O)Cc1ccc(O)c(O)c1)C(=O)N1CCCC1C(=O)O[C@@H]1C[C@H](C)CCC1C(C)C. The molecule has 4 N–H and O–H groups in total. The van der Waals surface area contributed by atoms with Crippen LogP contribution in [0, 0.1) is 17.8 Å². The van der Waals surface area contributed by atoms with E-state index in [1.807, 2.05) is 0 Å². The third kappa shape index (κ3) is 7.28. The summed E-state index contributed by atoms with van der Waals surface area (Å²) in [6, 6.07) is 2.31. The van der Waals surface area contributed by atoms with Gasteiger partial charge in [-0.2, -0.15) is 0 Å². The summed E-state index contributed by atoms with van der Waals surface area (Å²) in [5.74, 6) is -1.05. The van der Waals surface area contributed by atoms with Gasteiger partial charge in [-0.1, -0.05) is 39.3 Å². The zero-order valence-electron chi connectivity index (χ0n) is 22.6. The van der Waals surface area contributed by atoms with Crippen molar-refractivity contribution in [1.82, 2.24) is 10.2 Å². The van der Waals surface area contributed by atoms with Gasteiger partial charge in [0.2, 0.25) is 11.8 Å². The number of aliphatic hydroxyl groups excluding tert-OH is 1. The van der Waals surface area contributed by atoms with E-state index in [0.717, 1.165) is 19.3 Å². The summed E-state index contributed by atoms with van der Waals surface area (Å²) in [5, 5.41) is 32.1. The van der Waals surface area contributed by atoms with Crippen LogP contribution >= 0.6 is 0 Å². The second-order valence-corrected chi connectivity index (χ2v) is 11.1. The largest absolute Gasteiger partial charge is 0.504 e. The standard InChI is InChI=1S/C29H42N2O7/c1-5-7-21(30-27(35)25(34)16-19-10-12-23(32)24(33)15-19)28(36)31-13-6-8-22(31)29(37)38-26-14-18(4)9-11-20(26)17(2)3/h5,10,12,15,17-18,20-22,25-26,32-34H,1,6-9,11,13-14,16H2,2-4H3,(H,30,35)/t18-,20?,21?,22?,25?,26-/m1/s1. The minimum absolute atomic E-state index is 0.121. The first kappa shape index (κ1) is 29.5. The van der Waals surface area contributed by atoms with Crippen molar-refractivity contribution in [3.05, 3.63) is 36.4 Å². The molecule has 2 fully saturated rings. The Morgan fingerprint density at radius 2 is 1.92 bits per heavy atom. The second-order valence-electron chi connectivity index (χ2n) is 11.1. The monoisotopic (exact) mass is 530 g/mol. The van der Waals surface area contributed by atoms with Crippen molar-refractivity contribution in [2.75, 3.05) is 6.54 Å². The van der Waals surface area contributed by atoms with E-state index in [9.17, 15) is 29.7 Å². The highest BCUT2D eigenvalue weighted by Gasteiger charge is 2.41. The lowest BCUT2D eigenvalue weighted by atomic mass is 9.75. The van der Waals surface area contributed by atoms with Crippen LogP contribution in [0.5, 0.6) is 11.5 Å². The van der Waals surface area contributed by atoms with Crippen molar-refractivity contribution >= 4 is 17.8 Å². The third-order valence-electron chi connectivity index (χ3n) is 7.83. The third-order valence-corrected chi connectivity index (χ3v) is 7.83.